The highest BCUT2D eigenvalue weighted by Crippen LogP contribution is 2.42. The van der Waals surface area contributed by atoms with E-state index in [0.717, 1.165) is 28.1 Å². The summed E-state index contributed by atoms with van der Waals surface area (Å²) in [6.45, 7) is 4.30. The maximum atomic E-state index is 14.1. The molecule has 0 spiro atoms. The van der Waals surface area contributed by atoms with E-state index in [1.54, 1.807) is 6.08 Å². The van der Waals surface area contributed by atoms with Crippen molar-refractivity contribution in [2.24, 2.45) is 0 Å². The van der Waals surface area contributed by atoms with Gasteiger partial charge in [-0.3, -0.25) is 9.59 Å². The number of carbonyl (C=O) groups excluding carboxylic acids is 1. The Morgan fingerprint density at radius 1 is 1.02 bits per heavy atom. The number of carboxylic acid groups (broad SMARTS) is 1. The van der Waals surface area contributed by atoms with Crippen molar-refractivity contribution in [1.29, 1.82) is 0 Å². The van der Waals surface area contributed by atoms with Crippen molar-refractivity contribution in [3.63, 3.8) is 0 Å². The number of amides is 1. The number of alkyl halides is 1. The number of hydrogen-bond donors (Lipinski definition) is 4. The van der Waals surface area contributed by atoms with Crippen LogP contribution in [0.1, 0.15) is 67.2 Å². The summed E-state index contributed by atoms with van der Waals surface area (Å²) in [6.07, 6.45) is 1.74. The van der Waals surface area contributed by atoms with Gasteiger partial charge in [-0.15, -0.1) is 0 Å². The number of para-hydroxylation sites is 1. The molecule has 4 rings (SSSR count). The van der Waals surface area contributed by atoms with Crippen LogP contribution in [-0.4, -0.2) is 50.1 Å². The first-order chi connectivity index (χ1) is 19.7. The minimum Gasteiger partial charge on any atom is -0.481 e. The smallest absolute Gasteiger partial charge is 0.305 e. The van der Waals surface area contributed by atoms with Gasteiger partial charge in [0, 0.05) is 29.9 Å². The van der Waals surface area contributed by atoms with Crippen molar-refractivity contribution in [3.05, 3.63) is 95.8 Å². The van der Waals surface area contributed by atoms with Gasteiger partial charge in [0.25, 0.3) is 5.91 Å². The Morgan fingerprint density at radius 2 is 1.68 bits per heavy atom. The third-order valence-corrected chi connectivity index (χ3v) is 7.13. The van der Waals surface area contributed by atoms with Crippen LogP contribution in [0.25, 0.3) is 16.7 Å². The van der Waals surface area contributed by atoms with E-state index in [1.807, 2.05) is 85.2 Å². The molecule has 0 fully saturated rings. The number of nitrogens with zero attached hydrogens (tertiary/aromatic N) is 1. The highest BCUT2D eigenvalue weighted by atomic mass is 19.1. The zero-order chi connectivity index (χ0) is 29.5. The van der Waals surface area contributed by atoms with Gasteiger partial charge in [-0.1, -0.05) is 74.5 Å². The molecule has 1 heterocycles. The number of carbonyl (C=O) groups is 2. The monoisotopic (exact) mass is 560 g/mol. The van der Waals surface area contributed by atoms with Crippen LogP contribution in [0.5, 0.6) is 0 Å². The van der Waals surface area contributed by atoms with Crippen molar-refractivity contribution in [1.82, 2.24) is 4.57 Å². The average molecular weight is 561 g/mol. The van der Waals surface area contributed by atoms with E-state index in [4.69, 9.17) is 5.11 Å². The normalized spacial score (nSPS) is 16.3. The highest BCUT2D eigenvalue weighted by molar-refractivity contribution is 6.12. The van der Waals surface area contributed by atoms with Crippen molar-refractivity contribution in [2.45, 2.75) is 70.4 Å². The quantitative estimate of drug-likeness (QED) is 0.211. The molecule has 7 nitrogen and oxygen atoms in total. The number of benzene rings is 2. The molecule has 0 radical (unpaired) electrons. The standard InChI is InChI=1S/C33H37FN2O5/c1-21(2)31-30(33(41)35-25-11-7-4-8-12-25)29(22-9-5-3-6-10-22)32(23-13-15-24(34)16-14-23)36(31)18-17-26(37)19-27(38)20-28(39)40/h3-15,21,24,26-27,37-38H,16-20H2,1-2H3,(H,35,41)(H,39,40)/t24?,26-,27-/m1/s1. The Labute approximate surface area is 239 Å². The fourth-order valence-corrected chi connectivity index (χ4v) is 5.37. The Balaban J connectivity index is 1.87. The van der Waals surface area contributed by atoms with E-state index >= 15 is 0 Å². The summed E-state index contributed by atoms with van der Waals surface area (Å²) >= 11 is 0. The predicted octanol–water partition coefficient (Wildman–Crippen LogP) is 6.19. The molecule has 3 atom stereocenters. The largest absolute Gasteiger partial charge is 0.481 e. The predicted molar refractivity (Wildman–Crippen MR) is 158 cm³/mol. The molecule has 3 aromatic rings. The number of halogens is 1. The fourth-order valence-electron chi connectivity index (χ4n) is 5.37. The third kappa shape index (κ3) is 7.39. The number of aliphatic hydroxyl groups excluding tert-OH is 2. The minimum atomic E-state index is -1.17. The highest BCUT2D eigenvalue weighted by Gasteiger charge is 2.31. The van der Waals surface area contributed by atoms with E-state index in [-0.39, 0.29) is 31.1 Å². The van der Waals surface area contributed by atoms with E-state index in [1.165, 1.54) is 6.08 Å². The molecule has 0 saturated carbocycles. The molecule has 8 heteroatoms. The Bertz CT molecular complexity index is 1410. The topological polar surface area (TPSA) is 112 Å². The van der Waals surface area contributed by atoms with Crippen LogP contribution < -0.4 is 5.32 Å². The van der Waals surface area contributed by atoms with Gasteiger partial charge in [-0.25, -0.2) is 4.39 Å². The number of aliphatic hydroxyl groups is 2. The molecule has 0 saturated heterocycles. The first-order valence-corrected chi connectivity index (χ1v) is 13.9. The van der Waals surface area contributed by atoms with Gasteiger partial charge in [0.2, 0.25) is 0 Å². The Morgan fingerprint density at radius 3 is 2.27 bits per heavy atom. The molecule has 0 aliphatic heterocycles. The summed E-state index contributed by atoms with van der Waals surface area (Å²) in [6, 6.07) is 18.8. The number of rotatable bonds is 12. The molecule has 216 valence electrons. The molecule has 0 bridgehead atoms. The molecular formula is C33H37FN2O5. The first kappa shape index (κ1) is 30.0. The lowest BCUT2D eigenvalue weighted by Gasteiger charge is -2.21. The molecule has 4 N–H and O–H groups in total. The number of allylic oxidation sites excluding steroid dienone is 4. The third-order valence-electron chi connectivity index (χ3n) is 7.13. The summed E-state index contributed by atoms with van der Waals surface area (Å²) < 4.78 is 16.2. The summed E-state index contributed by atoms with van der Waals surface area (Å²) in [5, 5.41) is 32.8. The lowest BCUT2D eigenvalue weighted by molar-refractivity contribution is -0.139. The lowest BCUT2D eigenvalue weighted by atomic mass is 9.92. The van der Waals surface area contributed by atoms with Gasteiger partial charge in [-0.05, 0) is 48.1 Å². The number of anilines is 1. The van der Waals surface area contributed by atoms with Crippen LogP contribution in [0.15, 0.2) is 78.9 Å². The Hall–Kier alpha value is -4.01. The molecular weight excluding hydrogens is 523 g/mol. The van der Waals surface area contributed by atoms with Crippen LogP contribution in [0.4, 0.5) is 10.1 Å². The van der Waals surface area contributed by atoms with Crippen molar-refractivity contribution in [2.75, 3.05) is 5.32 Å². The summed E-state index contributed by atoms with van der Waals surface area (Å²) in [4.78, 5) is 25.0. The molecule has 41 heavy (non-hydrogen) atoms. The van der Waals surface area contributed by atoms with Crippen LogP contribution in [0.2, 0.25) is 0 Å². The van der Waals surface area contributed by atoms with E-state index in [2.05, 4.69) is 5.32 Å². The molecule has 1 aromatic heterocycles. The first-order valence-electron chi connectivity index (χ1n) is 13.9. The number of carboxylic acids is 1. The fraction of sp³-hybridized carbons (Fsp3) is 0.333. The molecule has 1 amide bonds. The van der Waals surface area contributed by atoms with E-state index < -0.39 is 30.8 Å². The lowest BCUT2D eigenvalue weighted by Crippen LogP contribution is -2.23. The van der Waals surface area contributed by atoms with Gasteiger partial charge in [0.15, 0.2) is 0 Å². The molecule has 1 aliphatic rings. The van der Waals surface area contributed by atoms with Crippen LogP contribution in [-0.2, 0) is 11.3 Å². The number of aromatic nitrogens is 1. The SMILES string of the molecule is CC(C)c1c(C(=O)Nc2ccccc2)c(-c2ccccc2)c(C2=CCC(F)C=C2)n1CC[C@@H](O)C[C@@H](O)CC(=O)O. The van der Waals surface area contributed by atoms with Crippen LogP contribution in [0, 0.1) is 0 Å². The summed E-state index contributed by atoms with van der Waals surface area (Å²) in [5.74, 6) is -1.51. The van der Waals surface area contributed by atoms with Crippen LogP contribution in [0.3, 0.4) is 0 Å². The van der Waals surface area contributed by atoms with Crippen molar-refractivity contribution in [3.8, 4) is 11.1 Å². The Kier molecular flexibility index (Phi) is 9.91. The van der Waals surface area contributed by atoms with Gasteiger partial charge >= 0.3 is 5.97 Å². The maximum Gasteiger partial charge on any atom is 0.305 e. The van der Waals surface area contributed by atoms with Gasteiger partial charge in [0.1, 0.15) is 6.17 Å². The zero-order valence-electron chi connectivity index (χ0n) is 23.3. The number of hydrogen-bond acceptors (Lipinski definition) is 4. The molecule has 1 aliphatic carbocycles. The number of nitrogens with one attached hydrogen (secondary N) is 1. The van der Waals surface area contributed by atoms with Gasteiger partial charge in [0.05, 0.1) is 29.9 Å². The van der Waals surface area contributed by atoms with Crippen molar-refractivity contribution < 1.29 is 29.3 Å². The number of aliphatic carboxylic acids is 1. The summed E-state index contributed by atoms with van der Waals surface area (Å²) in [5.41, 5.74) is 5.00. The van der Waals surface area contributed by atoms with Crippen LogP contribution >= 0.6 is 0 Å². The molecule has 2 aromatic carbocycles. The van der Waals surface area contributed by atoms with Crippen molar-refractivity contribution >= 4 is 23.1 Å². The minimum absolute atomic E-state index is 0.0844. The van der Waals surface area contributed by atoms with Gasteiger partial charge in [-0.2, -0.15) is 0 Å². The summed E-state index contributed by atoms with van der Waals surface area (Å²) in [7, 11) is 0. The second kappa shape index (κ2) is 13.6. The van der Waals surface area contributed by atoms with E-state index in [9.17, 15) is 24.2 Å². The molecule has 1 unspecified atom stereocenters. The second-order valence-electron chi connectivity index (χ2n) is 10.7. The zero-order valence-corrected chi connectivity index (χ0v) is 23.3. The average Bonchev–Trinajstić information content (AvgIpc) is 3.28. The maximum absolute atomic E-state index is 14.1. The second-order valence-corrected chi connectivity index (χ2v) is 10.7. The van der Waals surface area contributed by atoms with Gasteiger partial charge < -0.3 is 25.2 Å². The van der Waals surface area contributed by atoms with E-state index in [0.29, 0.717) is 17.8 Å².